The van der Waals surface area contributed by atoms with Crippen LogP contribution in [0, 0.1) is 13.8 Å². The van der Waals surface area contributed by atoms with Gasteiger partial charge < -0.3 is 14.9 Å². The molecule has 0 aliphatic rings. The molecular formula is C18H22N2O4. The summed E-state index contributed by atoms with van der Waals surface area (Å²) in [4.78, 5) is 23.6. The van der Waals surface area contributed by atoms with Crippen molar-refractivity contribution in [1.29, 1.82) is 0 Å². The molecule has 0 aliphatic carbocycles. The van der Waals surface area contributed by atoms with Crippen LogP contribution in [0.2, 0.25) is 0 Å². The van der Waals surface area contributed by atoms with Crippen LogP contribution in [0.3, 0.4) is 0 Å². The number of benzene rings is 1. The van der Waals surface area contributed by atoms with Gasteiger partial charge in [0.2, 0.25) is 5.91 Å². The number of carbonyl (C=O) groups excluding carboxylic acids is 1. The van der Waals surface area contributed by atoms with E-state index in [0.29, 0.717) is 11.3 Å². The lowest BCUT2D eigenvalue weighted by Gasteiger charge is -2.15. The molecular weight excluding hydrogens is 308 g/mol. The van der Waals surface area contributed by atoms with Gasteiger partial charge in [0.05, 0.1) is 11.6 Å². The fourth-order valence-electron chi connectivity index (χ4n) is 2.89. The quantitative estimate of drug-likeness (QED) is 0.814. The van der Waals surface area contributed by atoms with Crippen molar-refractivity contribution in [1.82, 2.24) is 10.5 Å². The Morgan fingerprint density at radius 2 is 1.92 bits per heavy atom. The zero-order valence-corrected chi connectivity index (χ0v) is 14.1. The summed E-state index contributed by atoms with van der Waals surface area (Å²) in [5, 5.41) is 16.0. The predicted octanol–water partition coefficient (Wildman–Crippen LogP) is 2.77. The van der Waals surface area contributed by atoms with Gasteiger partial charge in [-0.15, -0.1) is 0 Å². The lowest BCUT2D eigenvalue weighted by Crippen LogP contribution is -2.32. The number of carbonyl (C=O) groups is 2. The molecule has 2 unspecified atom stereocenters. The number of aliphatic carboxylic acids is 1. The first kappa shape index (κ1) is 17.7. The Morgan fingerprint density at radius 1 is 1.25 bits per heavy atom. The number of carboxylic acids is 1. The number of hydrogen-bond acceptors (Lipinski definition) is 4. The highest BCUT2D eigenvalue weighted by molar-refractivity contribution is 5.80. The average molecular weight is 330 g/mol. The minimum absolute atomic E-state index is 0.0451. The van der Waals surface area contributed by atoms with E-state index in [0.717, 1.165) is 11.3 Å². The first-order valence-electron chi connectivity index (χ1n) is 7.87. The van der Waals surface area contributed by atoms with Gasteiger partial charge in [-0.2, -0.15) is 0 Å². The summed E-state index contributed by atoms with van der Waals surface area (Å²) in [5.74, 6) is -1.24. The molecule has 24 heavy (non-hydrogen) atoms. The number of carboxylic acid groups (broad SMARTS) is 1. The molecule has 0 aliphatic heterocycles. The number of aromatic nitrogens is 1. The van der Waals surface area contributed by atoms with Crippen molar-refractivity contribution in [2.75, 3.05) is 6.54 Å². The van der Waals surface area contributed by atoms with E-state index in [2.05, 4.69) is 10.5 Å². The topological polar surface area (TPSA) is 92.4 Å². The van der Waals surface area contributed by atoms with Crippen molar-refractivity contribution < 1.29 is 19.2 Å². The summed E-state index contributed by atoms with van der Waals surface area (Å²) >= 11 is 0. The average Bonchev–Trinajstić information content (AvgIpc) is 2.87. The molecule has 2 aromatic rings. The molecule has 1 heterocycles. The third-order valence-electron chi connectivity index (χ3n) is 4.08. The van der Waals surface area contributed by atoms with Gasteiger partial charge in [-0.05, 0) is 25.3 Å². The summed E-state index contributed by atoms with van der Waals surface area (Å²) in [6.45, 7) is 5.65. The van der Waals surface area contributed by atoms with Crippen LogP contribution in [0.25, 0.3) is 0 Å². The van der Waals surface area contributed by atoms with Gasteiger partial charge in [-0.1, -0.05) is 42.4 Å². The highest BCUT2D eigenvalue weighted by Gasteiger charge is 2.22. The van der Waals surface area contributed by atoms with Crippen LogP contribution in [0.4, 0.5) is 0 Å². The van der Waals surface area contributed by atoms with Crippen LogP contribution in [0.5, 0.6) is 0 Å². The second kappa shape index (κ2) is 7.77. The highest BCUT2D eigenvalue weighted by atomic mass is 16.5. The van der Waals surface area contributed by atoms with Crippen molar-refractivity contribution in [3.63, 3.8) is 0 Å². The first-order valence-corrected chi connectivity index (χ1v) is 7.87. The maximum Gasteiger partial charge on any atom is 0.312 e. The maximum atomic E-state index is 12.2. The molecule has 0 bridgehead atoms. The zero-order valence-electron chi connectivity index (χ0n) is 14.1. The predicted molar refractivity (Wildman–Crippen MR) is 88.8 cm³/mol. The maximum absolute atomic E-state index is 12.2. The van der Waals surface area contributed by atoms with E-state index in [9.17, 15) is 14.7 Å². The van der Waals surface area contributed by atoms with E-state index in [-0.39, 0.29) is 24.8 Å². The van der Waals surface area contributed by atoms with Gasteiger partial charge >= 0.3 is 5.97 Å². The fraction of sp³-hybridized carbons (Fsp3) is 0.389. The summed E-state index contributed by atoms with van der Waals surface area (Å²) in [7, 11) is 0. The van der Waals surface area contributed by atoms with Crippen molar-refractivity contribution in [3.8, 4) is 0 Å². The number of nitrogens with one attached hydrogen (secondary N) is 1. The molecule has 6 nitrogen and oxygen atoms in total. The SMILES string of the molecule is Cc1noc(C)c1C(C)CC(=O)NCC(C(=O)O)c1ccccc1. The monoisotopic (exact) mass is 330 g/mol. The van der Waals surface area contributed by atoms with E-state index in [1.165, 1.54) is 0 Å². The van der Waals surface area contributed by atoms with Gasteiger partial charge in [0.25, 0.3) is 0 Å². The van der Waals surface area contributed by atoms with E-state index < -0.39 is 11.9 Å². The second-order valence-electron chi connectivity index (χ2n) is 5.95. The molecule has 1 amide bonds. The van der Waals surface area contributed by atoms with Crippen molar-refractivity contribution >= 4 is 11.9 Å². The van der Waals surface area contributed by atoms with E-state index in [1.807, 2.05) is 26.8 Å². The van der Waals surface area contributed by atoms with Crippen LogP contribution in [0.1, 0.15) is 47.8 Å². The lowest BCUT2D eigenvalue weighted by atomic mass is 9.95. The molecule has 2 N–H and O–H groups in total. The molecule has 0 saturated heterocycles. The molecule has 0 fully saturated rings. The van der Waals surface area contributed by atoms with E-state index in [4.69, 9.17) is 4.52 Å². The Hall–Kier alpha value is -2.63. The van der Waals surface area contributed by atoms with Crippen LogP contribution in [0.15, 0.2) is 34.9 Å². The summed E-state index contributed by atoms with van der Waals surface area (Å²) in [5.41, 5.74) is 2.38. The number of rotatable bonds is 7. The fourth-order valence-corrected chi connectivity index (χ4v) is 2.89. The number of hydrogen-bond donors (Lipinski definition) is 2. The Labute approximate surface area is 140 Å². The molecule has 2 rings (SSSR count). The first-order chi connectivity index (χ1) is 11.4. The highest BCUT2D eigenvalue weighted by Crippen LogP contribution is 2.25. The number of nitrogens with zero attached hydrogens (tertiary/aromatic N) is 1. The van der Waals surface area contributed by atoms with Crippen LogP contribution < -0.4 is 5.32 Å². The van der Waals surface area contributed by atoms with Gasteiger partial charge in [0, 0.05) is 18.5 Å². The van der Waals surface area contributed by atoms with Crippen molar-refractivity contribution in [3.05, 3.63) is 52.9 Å². The van der Waals surface area contributed by atoms with Crippen LogP contribution in [-0.2, 0) is 9.59 Å². The zero-order chi connectivity index (χ0) is 17.7. The largest absolute Gasteiger partial charge is 0.481 e. The van der Waals surface area contributed by atoms with Crippen molar-refractivity contribution in [2.45, 2.75) is 39.0 Å². The van der Waals surface area contributed by atoms with E-state index in [1.54, 1.807) is 24.3 Å². The Bertz CT molecular complexity index is 690. The Balaban J connectivity index is 1.95. The smallest absolute Gasteiger partial charge is 0.312 e. The van der Waals surface area contributed by atoms with Crippen LogP contribution >= 0.6 is 0 Å². The summed E-state index contributed by atoms with van der Waals surface area (Å²) in [6, 6.07) is 8.89. The molecule has 6 heteroatoms. The van der Waals surface area contributed by atoms with Gasteiger partial charge in [-0.25, -0.2) is 0 Å². The van der Waals surface area contributed by atoms with Gasteiger partial charge in [0.15, 0.2) is 0 Å². The second-order valence-corrected chi connectivity index (χ2v) is 5.95. The standard InChI is InChI=1S/C18H22N2O4/c1-11(17-12(2)20-24-13(17)3)9-16(21)19-10-15(18(22)23)14-7-5-4-6-8-14/h4-8,11,15H,9-10H2,1-3H3,(H,19,21)(H,22,23). The molecule has 0 saturated carbocycles. The minimum Gasteiger partial charge on any atom is -0.481 e. The number of amides is 1. The molecule has 0 radical (unpaired) electrons. The number of aryl methyl sites for hydroxylation is 2. The molecule has 0 spiro atoms. The lowest BCUT2D eigenvalue weighted by molar-refractivity contribution is -0.138. The van der Waals surface area contributed by atoms with Crippen LogP contribution in [-0.4, -0.2) is 28.7 Å². The summed E-state index contributed by atoms with van der Waals surface area (Å²) < 4.78 is 5.13. The van der Waals surface area contributed by atoms with E-state index >= 15 is 0 Å². The third-order valence-corrected chi connectivity index (χ3v) is 4.08. The summed E-state index contributed by atoms with van der Waals surface area (Å²) in [6.07, 6.45) is 0.254. The Kier molecular flexibility index (Phi) is 5.73. The third kappa shape index (κ3) is 4.22. The molecule has 1 aromatic heterocycles. The molecule has 128 valence electrons. The minimum atomic E-state index is -0.958. The van der Waals surface area contributed by atoms with Crippen molar-refractivity contribution in [2.24, 2.45) is 0 Å². The Morgan fingerprint density at radius 3 is 2.46 bits per heavy atom. The molecule has 2 atom stereocenters. The van der Waals surface area contributed by atoms with Gasteiger partial charge in [0.1, 0.15) is 5.76 Å². The van der Waals surface area contributed by atoms with Gasteiger partial charge in [-0.3, -0.25) is 9.59 Å². The molecule has 1 aromatic carbocycles. The normalized spacial score (nSPS) is 13.3.